The van der Waals surface area contributed by atoms with E-state index in [1.807, 2.05) is 42.5 Å². The maximum absolute atomic E-state index is 10.9. The minimum atomic E-state index is -0.402. The third kappa shape index (κ3) is 4.78. The molecule has 0 amide bonds. The molecule has 0 atom stereocenters. The van der Waals surface area contributed by atoms with Crippen molar-refractivity contribution in [2.24, 2.45) is 0 Å². The Labute approximate surface area is 187 Å². The molecule has 0 aromatic heterocycles. The van der Waals surface area contributed by atoms with Gasteiger partial charge in [0.05, 0.1) is 12.0 Å². The summed E-state index contributed by atoms with van der Waals surface area (Å²) >= 11 is 0. The molecule has 0 bridgehead atoms. The first-order chi connectivity index (χ1) is 15.7. The van der Waals surface area contributed by atoms with E-state index in [0.717, 1.165) is 45.8 Å². The Morgan fingerprint density at radius 3 is 2.34 bits per heavy atom. The maximum atomic E-state index is 10.9. The van der Waals surface area contributed by atoms with Gasteiger partial charge in [-0.3, -0.25) is 10.1 Å². The van der Waals surface area contributed by atoms with Crippen molar-refractivity contribution in [2.75, 3.05) is 7.11 Å². The second-order valence-corrected chi connectivity index (χ2v) is 7.33. The van der Waals surface area contributed by atoms with E-state index < -0.39 is 4.92 Å². The molecule has 0 spiro atoms. The highest BCUT2D eigenvalue weighted by Gasteiger charge is 2.18. The number of allylic oxidation sites excluding steroid dienone is 5. The molecule has 5 heteroatoms. The van der Waals surface area contributed by atoms with Crippen molar-refractivity contribution in [2.45, 2.75) is 13.0 Å². The molecule has 5 nitrogen and oxygen atoms in total. The number of nitro benzene ring substituents is 1. The summed E-state index contributed by atoms with van der Waals surface area (Å²) in [5.41, 5.74) is 5.19. The van der Waals surface area contributed by atoms with E-state index in [4.69, 9.17) is 9.47 Å². The predicted molar refractivity (Wildman–Crippen MR) is 126 cm³/mol. The van der Waals surface area contributed by atoms with Gasteiger partial charge in [0.25, 0.3) is 5.69 Å². The number of ether oxygens (including phenoxy) is 2. The van der Waals surface area contributed by atoms with Gasteiger partial charge in [0.1, 0.15) is 18.1 Å². The highest BCUT2D eigenvalue weighted by atomic mass is 16.6. The molecule has 0 fully saturated rings. The SMILES string of the molecule is COc1ccc(C(OCc2ccc([N+](=O)[O-])cc2)=C2CC=CC=C2c2ccccc2)cc1. The lowest BCUT2D eigenvalue weighted by atomic mass is 9.89. The summed E-state index contributed by atoms with van der Waals surface area (Å²) in [5.74, 6) is 1.56. The Balaban J connectivity index is 1.72. The molecule has 160 valence electrons. The fourth-order valence-corrected chi connectivity index (χ4v) is 3.62. The van der Waals surface area contributed by atoms with Gasteiger partial charge in [-0.05, 0) is 59.5 Å². The number of rotatable bonds is 7. The van der Waals surface area contributed by atoms with Gasteiger partial charge in [-0.15, -0.1) is 0 Å². The number of hydrogen-bond donors (Lipinski definition) is 0. The number of non-ortho nitro benzene ring substituents is 1. The van der Waals surface area contributed by atoms with Crippen molar-refractivity contribution in [1.29, 1.82) is 0 Å². The molecule has 1 aliphatic rings. The van der Waals surface area contributed by atoms with Crippen molar-refractivity contribution in [3.63, 3.8) is 0 Å². The van der Waals surface area contributed by atoms with Gasteiger partial charge in [0.2, 0.25) is 0 Å². The van der Waals surface area contributed by atoms with Gasteiger partial charge in [0.15, 0.2) is 0 Å². The normalized spacial score (nSPS) is 14.5. The molecule has 0 heterocycles. The Morgan fingerprint density at radius 2 is 1.69 bits per heavy atom. The van der Waals surface area contributed by atoms with E-state index in [1.165, 1.54) is 12.1 Å². The summed E-state index contributed by atoms with van der Waals surface area (Å²) in [6.07, 6.45) is 7.02. The largest absolute Gasteiger partial charge is 0.497 e. The molecule has 0 aliphatic heterocycles. The predicted octanol–water partition coefficient (Wildman–Crippen LogP) is 6.57. The van der Waals surface area contributed by atoms with Crippen LogP contribution in [0.25, 0.3) is 11.3 Å². The lowest BCUT2D eigenvalue weighted by Gasteiger charge is -2.21. The fourth-order valence-electron chi connectivity index (χ4n) is 3.62. The second-order valence-electron chi connectivity index (χ2n) is 7.33. The van der Waals surface area contributed by atoms with Crippen LogP contribution >= 0.6 is 0 Å². The van der Waals surface area contributed by atoms with E-state index in [2.05, 4.69) is 30.4 Å². The van der Waals surface area contributed by atoms with Crippen LogP contribution in [0.15, 0.2) is 103 Å². The van der Waals surface area contributed by atoms with Gasteiger partial charge in [-0.1, -0.05) is 48.6 Å². The third-order valence-corrected chi connectivity index (χ3v) is 5.29. The topological polar surface area (TPSA) is 61.6 Å². The minimum absolute atomic E-state index is 0.0641. The summed E-state index contributed by atoms with van der Waals surface area (Å²) in [4.78, 5) is 10.5. The van der Waals surface area contributed by atoms with Crippen LogP contribution in [0.5, 0.6) is 5.75 Å². The highest BCUT2D eigenvalue weighted by Crippen LogP contribution is 2.36. The number of hydrogen-bond acceptors (Lipinski definition) is 4. The molecule has 0 saturated heterocycles. The lowest BCUT2D eigenvalue weighted by molar-refractivity contribution is -0.384. The zero-order valence-electron chi connectivity index (χ0n) is 17.7. The number of nitrogens with zero attached hydrogens (tertiary/aromatic N) is 1. The summed E-state index contributed by atoms with van der Waals surface area (Å²) < 4.78 is 11.7. The molecular weight excluding hydrogens is 402 g/mol. The smallest absolute Gasteiger partial charge is 0.269 e. The Hall–Kier alpha value is -4.12. The van der Waals surface area contributed by atoms with Crippen LogP contribution in [0.3, 0.4) is 0 Å². The Bertz CT molecular complexity index is 1170. The standard InChI is InChI=1S/C27H23NO4/c1-31-24-17-13-22(14-18-24)27(32-19-20-11-15-23(16-12-20)28(29)30)26-10-6-5-9-25(26)21-7-3-2-4-8-21/h2-9,11-18H,10,19H2,1H3. The van der Waals surface area contributed by atoms with Crippen LogP contribution < -0.4 is 4.74 Å². The molecule has 3 aromatic carbocycles. The Morgan fingerprint density at radius 1 is 0.969 bits per heavy atom. The van der Waals surface area contributed by atoms with Gasteiger partial charge in [-0.25, -0.2) is 0 Å². The average molecular weight is 425 g/mol. The van der Waals surface area contributed by atoms with Crippen molar-refractivity contribution >= 4 is 17.0 Å². The van der Waals surface area contributed by atoms with Gasteiger partial charge in [-0.2, -0.15) is 0 Å². The van der Waals surface area contributed by atoms with Crippen molar-refractivity contribution in [3.05, 3.63) is 129 Å². The third-order valence-electron chi connectivity index (χ3n) is 5.29. The highest BCUT2D eigenvalue weighted by molar-refractivity contribution is 5.89. The van der Waals surface area contributed by atoms with Crippen LogP contribution in [0.4, 0.5) is 5.69 Å². The zero-order chi connectivity index (χ0) is 22.3. The molecule has 4 rings (SSSR count). The first-order valence-electron chi connectivity index (χ1n) is 10.3. The summed E-state index contributed by atoms with van der Waals surface area (Å²) in [6.45, 7) is 0.300. The summed E-state index contributed by atoms with van der Waals surface area (Å²) in [6, 6.07) is 24.5. The monoisotopic (exact) mass is 425 g/mol. The number of nitro groups is 1. The first-order valence-corrected chi connectivity index (χ1v) is 10.3. The zero-order valence-corrected chi connectivity index (χ0v) is 17.7. The van der Waals surface area contributed by atoms with Crippen LogP contribution in [0.1, 0.15) is 23.1 Å². The van der Waals surface area contributed by atoms with Crippen LogP contribution in [-0.2, 0) is 11.3 Å². The molecular formula is C27H23NO4. The van der Waals surface area contributed by atoms with Crippen molar-refractivity contribution in [1.82, 2.24) is 0 Å². The van der Waals surface area contributed by atoms with Crippen LogP contribution in [0.2, 0.25) is 0 Å². The van der Waals surface area contributed by atoms with Gasteiger partial charge in [0, 0.05) is 23.3 Å². The van der Waals surface area contributed by atoms with Crippen molar-refractivity contribution < 1.29 is 14.4 Å². The molecule has 1 aliphatic carbocycles. The molecule has 0 N–H and O–H groups in total. The van der Waals surface area contributed by atoms with E-state index >= 15 is 0 Å². The number of methoxy groups -OCH3 is 1. The maximum Gasteiger partial charge on any atom is 0.269 e. The van der Waals surface area contributed by atoms with Crippen LogP contribution in [-0.4, -0.2) is 12.0 Å². The van der Waals surface area contributed by atoms with E-state index in [9.17, 15) is 10.1 Å². The molecule has 0 saturated carbocycles. The van der Waals surface area contributed by atoms with Gasteiger partial charge < -0.3 is 9.47 Å². The van der Waals surface area contributed by atoms with Crippen molar-refractivity contribution in [3.8, 4) is 5.75 Å². The van der Waals surface area contributed by atoms with E-state index in [-0.39, 0.29) is 5.69 Å². The quantitative estimate of drug-likeness (QED) is 0.244. The lowest BCUT2D eigenvalue weighted by Crippen LogP contribution is -2.02. The fraction of sp³-hybridized carbons (Fsp3) is 0.111. The Kier molecular flexibility index (Phi) is 6.46. The number of benzene rings is 3. The molecule has 0 radical (unpaired) electrons. The van der Waals surface area contributed by atoms with E-state index in [0.29, 0.717) is 6.61 Å². The minimum Gasteiger partial charge on any atom is -0.497 e. The first kappa shape index (κ1) is 21.1. The average Bonchev–Trinajstić information content (AvgIpc) is 2.85. The van der Waals surface area contributed by atoms with Crippen LogP contribution in [0, 0.1) is 10.1 Å². The van der Waals surface area contributed by atoms with Gasteiger partial charge >= 0.3 is 0 Å². The molecule has 3 aromatic rings. The summed E-state index contributed by atoms with van der Waals surface area (Å²) in [7, 11) is 1.64. The molecule has 0 unspecified atom stereocenters. The second kappa shape index (κ2) is 9.79. The molecule has 32 heavy (non-hydrogen) atoms. The van der Waals surface area contributed by atoms with E-state index in [1.54, 1.807) is 19.2 Å². The summed E-state index contributed by atoms with van der Waals surface area (Å²) in [5, 5.41) is 10.9.